The summed E-state index contributed by atoms with van der Waals surface area (Å²) in [5.41, 5.74) is 2.21. The summed E-state index contributed by atoms with van der Waals surface area (Å²) >= 11 is 0. The van der Waals surface area contributed by atoms with Gasteiger partial charge in [-0.1, -0.05) is 44.5 Å². The molecule has 3 heteroatoms. The second-order valence-corrected chi connectivity index (χ2v) is 12.4. The first-order valence-corrected chi connectivity index (χ1v) is 12.8. The highest BCUT2D eigenvalue weighted by Crippen LogP contribution is 2.61. The zero-order chi connectivity index (χ0) is 21.4. The van der Waals surface area contributed by atoms with Crippen LogP contribution < -0.4 is 5.32 Å². The molecule has 0 unspecified atom stereocenters. The van der Waals surface area contributed by atoms with Gasteiger partial charge in [0.1, 0.15) is 0 Å². The van der Waals surface area contributed by atoms with Gasteiger partial charge in [-0.05, 0) is 104 Å². The number of rotatable bonds is 2. The molecular formula is C28H37NO2. The molecule has 0 aliphatic heterocycles. The lowest BCUT2D eigenvalue weighted by atomic mass is 9.48. The molecule has 1 aromatic rings. The van der Waals surface area contributed by atoms with Gasteiger partial charge >= 0.3 is 0 Å². The van der Waals surface area contributed by atoms with Crippen LogP contribution in [0.1, 0.15) is 89.2 Å². The number of benzene rings is 1. The fourth-order valence-electron chi connectivity index (χ4n) is 9.47. The van der Waals surface area contributed by atoms with Gasteiger partial charge < -0.3 is 0 Å². The van der Waals surface area contributed by atoms with Gasteiger partial charge in [0.05, 0.1) is 10.8 Å². The minimum atomic E-state index is -0.460. The third kappa shape index (κ3) is 2.84. The fraction of sp³-hybridized carbons (Fsp3) is 0.714. The minimum absolute atomic E-state index is 0.0172. The molecule has 0 heterocycles. The third-order valence-corrected chi connectivity index (χ3v) is 10.5. The van der Waals surface area contributed by atoms with Gasteiger partial charge in [-0.25, -0.2) is 0 Å². The monoisotopic (exact) mass is 419 g/mol. The van der Waals surface area contributed by atoms with Crippen LogP contribution in [0.4, 0.5) is 0 Å². The number of nitrogens with one attached hydrogen (secondary N) is 1. The second kappa shape index (κ2) is 6.68. The lowest BCUT2D eigenvalue weighted by Gasteiger charge is -2.56. The molecule has 5 saturated carbocycles. The number of amides is 2. The van der Waals surface area contributed by atoms with Crippen LogP contribution in [0.3, 0.4) is 0 Å². The molecule has 1 N–H and O–H groups in total. The quantitative estimate of drug-likeness (QED) is 0.638. The van der Waals surface area contributed by atoms with Crippen LogP contribution in [0.15, 0.2) is 24.3 Å². The maximum Gasteiger partial charge on any atom is 0.232 e. The van der Waals surface area contributed by atoms with Crippen molar-refractivity contribution in [3.05, 3.63) is 35.4 Å². The van der Waals surface area contributed by atoms with E-state index >= 15 is 0 Å². The largest absolute Gasteiger partial charge is 0.295 e. The smallest absolute Gasteiger partial charge is 0.232 e. The van der Waals surface area contributed by atoms with E-state index in [4.69, 9.17) is 0 Å². The van der Waals surface area contributed by atoms with Crippen LogP contribution in [0.25, 0.3) is 0 Å². The molecule has 166 valence electrons. The SMILES string of the molecule is C[C@]1(C(=O)NC(=O)C23CC4CC(CC(C4)C2)C3)CCC[C@]2(C)c3ccccc3CC[C@@H]12. The summed E-state index contributed by atoms with van der Waals surface area (Å²) in [4.78, 5) is 27.4. The maximum absolute atomic E-state index is 13.8. The Kier molecular flexibility index (Phi) is 4.31. The number of carbonyl (C=O) groups is 2. The Morgan fingerprint density at radius 2 is 1.55 bits per heavy atom. The molecule has 0 radical (unpaired) electrons. The molecule has 3 atom stereocenters. The molecule has 0 saturated heterocycles. The fourth-order valence-corrected chi connectivity index (χ4v) is 9.47. The third-order valence-electron chi connectivity index (χ3n) is 10.5. The predicted octanol–water partition coefficient (Wildman–Crippen LogP) is 5.56. The van der Waals surface area contributed by atoms with Gasteiger partial charge in [-0.15, -0.1) is 0 Å². The Hall–Kier alpha value is -1.64. The van der Waals surface area contributed by atoms with E-state index in [1.165, 1.54) is 30.4 Å². The average molecular weight is 420 g/mol. The number of aryl methyl sites for hydroxylation is 1. The zero-order valence-corrected chi connectivity index (χ0v) is 19.2. The highest BCUT2D eigenvalue weighted by molar-refractivity contribution is 6.00. The van der Waals surface area contributed by atoms with Crippen LogP contribution in [0.2, 0.25) is 0 Å². The minimum Gasteiger partial charge on any atom is -0.295 e. The van der Waals surface area contributed by atoms with E-state index in [1.54, 1.807) is 0 Å². The van der Waals surface area contributed by atoms with E-state index in [0.29, 0.717) is 5.92 Å². The number of hydrogen-bond donors (Lipinski definition) is 1. The maximum atomic E-state index is 13.8. The van der Waals surface area contributed by atoms with Crippen molar-refractivity contribution in [1.82, 2.24) is 5.32 Å². The average Bonchev–Trinajstić information content (AvgIpc) is 2.72. The summed E-state index contributed by atoms with van der Waals surface area (Å²) in [6.07, 6.45) is 12.2. The van der Waals surface area contributed by atoms with E-state index in [0.717, 1.165) is 69.1 Å². The summed E-state index contributed by atoms with van der Waals surface area (Å²) in [5, 5.41) is 3.04. The van der Waals surface area contributed by atoms with Gasteiger partial charge in [0.25, 0.3) is 0 Å². The summed E-state index contributed by atoms with van der Waals surface area (Å²) in [7, 11) is 0. The Balaban J connectivity index is 1.26. The van der Waals surface area contributed by atoms with Crippen molar-refractivity contribution in [2.45, 2.75) is 89.9 Å². The van der Waals surface area contributed by atoms with Crippen LogP contribution in [0, 0.1) is 34.5 Å². The highest BCUT2D eigenvalue weighted by atomic mass is 16.2. The van der Waals surface area contributed by atoms with Crippen LogP contribution in [-0.4, -0.2) is 11.8 Å². The molecule has 4 bridgehead atoms. The molecular weight excluding hydrogens is 382 g/mol. The van der Waals surface area contributed by atoms with E-state index in [-0.39, 0.29) is 22.6 Å². The number of imide groups is 1. The molecule has 1 aromatic carbocycles. The van der Waals surface area contributed by atoms with Crippen molar-refractivity contribution in [3.63, 3.8) is 0 Å². The van der Waals surface area contributed by atoms with Gasteiger partial charge in [0.15, 0.2) is 0 Å². The van der Waals surface area contributed by atoms with Crippen molar-refractivity contribution >= 4 is 11.8 Å². The Bertz CT molecular complexity index is 899. The number of carbonyl (C=O) groups excluding carboxylic acids is 2. The highest BCUT2D eigenvalue weighted by Gasteiger charge is 2.58. The van der Waals surface area contributed by atoms with Gasteiger partial charge in [-0.2, -0.15) is 0 Å². The lowest BCUT2D eigenvalue weighted by Crippen LogP contribution is -2.59. The van der Waals surface area contributed by atoms with E-state index in [2.05, 4.69) is 43.4 Å². The Morgan fingerprint density at radius 1 is 0.903 bits per heavy atom. The van der Waals surface area contributed by atoms with Gasteiger partial charge in [0, 0.05) is 0 Å². The van der Waals surface area contributed by atoms with Crippen molar-refractivity contribution in [3.8, 4) is 0 Å². The first kappa shape index (κ1) is 20.0. The van der Waals surface area contributed by atoms with Crippen molar-refractivity contribution in [2.24, 2.45) is 34.5 Å². The normalized spacial score (nSPS) is 45.0. The van der Waals surface area contributed by atoms with Crippen molar-refractivity contribution in [1.29, 1.82) is 0 Å². The standard InChI is InChI=1S/C28H37NO2/c1-26-10-5-11-27(2,23(26)9-8-21-6-3-4-7-22(21)26)24(30)29-25(31)28-15-18-12-19(16-28)14-20(13-18)17-28/h3-4,6-7,18-20,23H,5,8-17H2,1-2H3,(H,29,30,31)/t18?,19?,20?,23-,26-,27+,28?/m1/s1. The summed E-state index contributed by atoms with van der Waals surface area (Å²) in [6, 6.07) is 8.83. The van der Waals surface area contributed by atoms with Crippen LogP contribution in [0.5, 0.6) is 0 Å². The summed E-state index contributed by atoms with van der Waals surface area (Å²) < 4.78 is 0. The first-order valence-electron chi connectivity index (χ1n) is 12.8. The molecule has 0 spiro atoms. The van der Waals surface area contributed by atoms with Crippen LogP contribution >= 0.6 is 0 Å². The second-order valence-electron chi connectivity index (χ2n) is 12.4. The molecule has 7 rings (SSSR count). The van der Waals surface area contributed by atoms with E-state index in [9.17, 15) is 9.59 Å². The first-order chi connectivity index (χ1) is 14.8. The molecule has 2 amide bonds. The van der Waals surface area contributed by atoms with Crippen molar-refractivity contribution in [2.75, 3.05) is 0 Å². The van der Waals surface area contributed by atoms with Gasteiger partial charge in [0.2, 0.25) is 11.8 Å². The van der Waals surface area contributed by atoms with Gasteiger partial charge in [-0.3, -0.25) is 14.9 Å². The van der Waals surface area contributed by atoms with E-state index < -0.39 is 5.41 Å². The Morgan fingerprint density at radius 3 is 2.23 bits per heavy atom. The van der Waals surface area contributed by atoms with Crippen molar-refractivity contribution < 1.29 is 9.59 Å². The summed E-state index contributed by atoms with van der Waals surface area (Å²) in [6.45, 7) is 4.53. The Labute approximate surface area is 186 Å². The molecule has 6 aliphatic carbocycles. The van der Waals surface area contributed by atoms with Crippen LogP contribution in [-0.2, 0) is 21.4 Å². The molecule has 0 aromatic heterocycles. The summed E-state index contributed by atoms with van der Waals surface area (Å²) in [5.74, 6) is 2.54. The topological polar surface area (TPSA) is 46.2 Å². The van der Waals surface area contributed by atoms with E-state index in [1.807, 2.05) is 0 Å². The number of hydrogen-bond acceptors (Lipinski definition) is 2. The molecule has 31 heavy (non-hydrogen) atoms. The number of fused-ring (bicyclic) bond motifs is 3. The molecule has 6 aliphatic rings. The lowest BCUT2D eigenvalue weighted by molar-refractivity contribution is -0.154. The molecule has 5 fully saturated rings. The molecule has 3 nitrogen and oxygen atoms in total. The predicted molar refractivity (Wildman–Crippen MR) is 121 cm³/mol. The zero-order valence-electron chi connectivity index (χ0n) is 19.2.